The molecule has 15 heteroatoms. The number of rotatable bonds is 21. The van der Waals surface area contributed by atoms with Crippen LogP contribution in [0.4, 0.5) is 0 Å². The van der Waals surface area contributed by atoms with Crippen molar-refractivity contribution in [1.29, 1.82) is 5.26 Å². The van der Waals surface area contributed by atoms with Crippen LogP contribution in [0.3, 0.4) is 0 Å². The number of aliphatic hydroxyl groups excluding tert-OH is 14. The normalized spacial score (nSPS) is 53.3. The van der Waals surface area contributed by atoms with Crippen LogP contribution in [-0.4, -0.2) is 159 Å². The van der Waals surface area contributed by atoms with E-state index >= 15 is 0 Å². The second-order valence-electron chi connectivity index (χ2n) is 58.6. The van der Waals surface area contributed by atoms with Crippen molar-refractivity contribution in [3.8, 4) is 6.07 Å². The Balaban J connectivity index is 0.000000128. The summed E-state index contributed by atoms with van der Waals surface area (Å²) in [5.41, 5.74) is 4.27. The molecule has 0 radical (unpaired) electrons. The lowest BCUT2D eigenvalue weighted by Gasteiger charge is -2.64. The minimum absolute atomic E-state index is 0.164. The largest absolute Gasteiger partial charge is 0.396 e. The molecule has 14 N–H and O–H groups in total. The van der Waals surface area contributed by atoms with E-state index in [1.165, 1.54) is 134 Å². The molecule has 0 aromatic heterocycles. The number of fused-ring (bicyclic) bond motifs is 25. The summed E-state index contributed by atoms with van der Waals surface area (Å²) in [5, 5.41) is 157. The van der Waals surface area contributed by atoms with Gasteiger partial charge in [0, 0.05) is 32.8 Å². The molecular weight excluding hydrogens is 1780 g/mol. The van der Waals surface area contributed by atoms with Gasteiger partial charge in [-0.3, -0.25) is 0 Å². The number of hydrogen-bond donors (Lipinski definition) is 14. The molecule has 0 aliphatic heterocycles. The van der Waals surface area contributed by atoms with Crippen molar-refractivity contribution in [3.63, 3.8) is 0 Å². The van der Waals surface area contributed by atoms with Crippen molar-refractivity contribution >= 4 is 0 Å². The van der Waals surface area contributed by atoms with Crippen molar-refractivity contribution in [2.75, 3.05) is 26.4 Å². The lowest BCUT2D eigenvalue weighted by atomic mass is 9.41. The van der Waals surface area contributed by atoms with E-state index < -0.39 is 0 Å². The molecule has 20 fully saturated rings. The Bertz CT molecular complexity index is 4070. The number of allylic oxidation sites excluding steroid dienone is 1. The summed E-state index contributed by atoms with van der Waals surface area (Å²) in [6.45, 7) is 49.3. The highest BCUT2D eigenvalue weighted by Gasteiger charge is 2.73. The van der Waals surface area contributed by atoms with Gasteiger partial charge < -0.3 is 71.5 Å². The van der Waals surface area contributed by atoms with Gasteiger partial charge in [-0.2, -0.15) is 5.26 Å². The van der Waals surface area contributed by atoms with E-state index in [1.807, 2.05) is 0 Å². The molecule has 20 aliphatic rings. The van der Waals surface area contributed by atoms with E-state index in [4.69, 9.17) is 0 Å². The van der Waals surface area contributed by atoms with Gasteiger partial charge in [-0.05, 0) is 538 Å². The van der Waals surface area contributed by atoms with Crippen LogP contribution < -0.4 is 0 Å². The summed E-state index contributed by atoms with van der Waals surface area (Å²) < 4.78 is 0. The summed E-state index contributed by atoms with van der Waals surface area (Å²) in [7, 11) is 0. The SMILES string of the molecule is C/C=C1/[C@H](O)C2C3CC[C@H]([C@H](C)CCCO)[C@@]3(C)CCC2[C@@]2(C)CC[C@@H](O)C[C@@H]12.CC[C@@H]1[C@@H](O)C2C3CC[C@H]([C@H](C)CCCO)[C@@]3(C)CCC2[C@@]2(C)CC[C@@H](O)C[C@@H]12.CC[C@H]1[C@@H](O)C2C3CC[C@H]([C@H](C)CC#N)[C@@]3(C)CCC2[C@@]2(C)CC[C@@H](O)C[C@@H]12.CC[C@H]1[C@@H](O)C2C3CC[C@H]([C@H](C)CCCO)[C@@]3(C)CCC2[C@@]2(C)CC[C@@H](O)C[C@@H]12.CC[C@H]1[C@@H](O)C2C3CC[C@H]([C@H](C)CCO)[C@@]3(C)CCC2[C@@]2(C)CC[C@@H](O)C[C@@H]12. The number of nitrogens with zero attached hydrogens (tertiary/aromatic N) is 1. The van der Waals surface area contributed by atoms with Crippen LogP contribution in [-0.2, 0) is 0 Å². The van der Waals surface area contributed by atoms with Gasteiger partial charge in [0.1, 0.15) is 0 Å². The summed E-state index contributed by atoms with van der Waals surface area (Å²) in [5.74, 6) is 18.5. The van der Waals surface area contributed by atoms with Gasteiger partial charge >= 0.3 is 0 Å². The Morgan fingerprint density at radius 2 is 0.497 bits per heavy atom. The van der Waals surface area contributed by atoms with Crippen molar-refractivity contribution in [2.24, 2.45) is 255 Å². The zero-order valence-electron chi connectivity index (χ0n) is 94.8. The molecule has 20 saturated carbocycles. The smallest absolute Gasteiger partial charge is 0.0786 e. The Kier molecular flexibility index (Phi) is 36.0. The van der Waals surface area contributed by atoms with E-state index in [1.54, 1.807) is 0 Å². The Labute approximate surface area is 872 Å². The van der Waals surface area contributed by atoms with Crippen molar-refractivity contribution < 1.29 is 71.5 Å². The van der Waals surface area contributed by atoms with Crippen molar-refractivity contribution in [3.05, 3.63) is 11.6 Å². The van der Waals surface area contributed by atoms with Crippen LogP contribution in [0.5, 0.6) is 0 Å². The maximum Gasteiger partial charge on any atom is 0.0786 e. The highest BCUT2D eigenvalue weighted by atomic mass is 16.3. The second-order valence-corrected chi connectivity index (χ2v) is 58.6. The van der Waals surface area contributed by atoms with Crippen LogP contribution in [0.1, 0.15) is 440 Å². The van der Waals surface area contributed by atoms with Gasteiger partial charge in [-0.1, -0.05) is 163 Å². The van der Waals surface area contributed by atoms with Crippen LogP contribution in [0.25, 0.3) is 0 Å². The minimum atomic E-state index is -0.329. The van der Waals surface area contributed by atoms with Crippen LogP contribution in [0, 0.1) is 267 Å². The zero-order chi connectivity index (χ0) is 103. The Morgan fingerprint density at radius 3 is 0.741 bits per heavy atom. The molecule has 0 spiro atoms. The topological polar surface area (TPSA) is 307 Å². The molecule has 0 aromatic rings. The number of aliphatic hydroxyl groups is 14. The van der Waals surface area contributed by atoms with Gasteiger partial charge in [-0.25, -0.2) is 0 Å². The molecule has 15 nitrogen and oxygen atoms in total. The molecule has 20 rings (SSSR count). The van der Waals surface area contributed by atoms with E-state index in [2.05, 4.69) is 151 Å². The monoisotopic (exact) mass is 2000 g/mol. The Hall–Kier alpha value is -1.33. The standard InChI is InChI=1S/2C26H46O3.C26H44O3.C25H41NO2.C25H44O3/c3*1-5-18-22-15-17(28)10-12-26(22,4)21-11-13-25(3)19(16(2)7-6-14-27)8-9-20(25)23(21)24(18)29;2*1-5-17-21-14-16(27)8-11-25(21,4)20-9-12-24(3)18(15(2)10-13-26)6-7-19(24)22(20)23(17)28/h2*16-24,27-29H,5-15H2,1-4H3;5,16-17,19-24,27-29H,6-15H2,1-4H3;15-23,27-28H,5-12,14H2,1-4H3;15-23,26-28H,5-14H2,1-4H3/b;;18-5+;;/t16-,17-,18+,19-,20?,21?,22+,23?,24-,25-,26-;16-,17-,18-,19-,20?,21?,22+,23?,24-,25-,26-;16-,17-,19-,20?,21?,22+,23?,24+,25-,26-;2*15-,16-,17-,18-,19?,20?,21+,22?,23-,24-,25-/m11111/s1. The maximum atomic E-state index is 11.7. The third-order valence-corrected chi connectivity index (χ3v) is 53.8. The van der Waals surface area contributed by atoms with Gasteiger partial charge in [0.05, 0.1) is 67.1 Å². The fourth-order valence-electron chi connectivity index (χ4n) is 46.7. The predicted molar refractivity (Wildman–Crippen MR) is 576 cm³/mol. The highest BCUT2D eigenvalue weighted by molar-refractivity contribution is 5.28. The molecular formula is C128H221NO14. The number of hydrogen-bond acceptors (Lipinski definition) is 15. The molecule has 54 atom stereocenters. The first-order valence-electron chi connectivity index (χ1n) is 62.1. The van der Waals surface area contributed by atoms with E-state index in [9.17, 15) is 76.8 Å². The van der Waals surface area contributed by atoms with Crippen molar-refractivity contribution in [1.82, 2.24) is 0 Å². The van der Waals surface area contributed by atoms with E-state index in [0.29, 0.717) is 254 Å². The molecule has 20 aliphatic carbocycles. The summed E-state index contributed by atoms with van der Waals surface area (Å²) >= 11 is 0. The van der Waals surface area contributed by atoms with Gasteiger partial charge in [0.2, 0.25) is 0 Å². The highest BCUT2D eigenvalue weighted by Crippen LogP contribution is 2.78. The van der Waals surface area contributed by atoms with Crippen LogP contribution in [0.2, 0.25) is 0 Å². The quantitative estimate of drug-likeness (QED) is 0.0475. The van der Waals surface area contributed by atoms with Crippen LogP contribution >= 0.6 is 0 Å². The van der Waals surface area contributed by atoms with Crippen molar-refractivity contribution in [2.45, 2.75) is 501 Å². The second kappa shape index (κ2) is 45.1. The summed E-state index contributed by atoms with van der Waals surface area (Å²) in [4.78, 5) is 0. The number of nitriles is 1. The lowest BCUT2D eigenvalue weighted by molar-refractivity contribution is -0.203. The Morgan fingerprint density at radius 1 is 0.273 bits per heavy atom. The van der Waals surface area contributed by atoms with E-state index in [-0.39, 0.29) is 77.3 Å². The molecule has 143 heavy (non-hydrogen) atoms. The first-order chi connectivity index (χ1) is 67.9. The first kappa shape index (κ1) is 114. The molecule has 0 saturated heterocycles. The van der Waals surface area contributed by atoms with E-state index in [0.717, 1.165) is 185 Å². The minimum Gasteiger partial charge on any atom is -0.396 e. The van der Waals surface area contributed by atoms with Crippen LogP contribution in [0.15, 0.2) is 11.6 Å². The fraction of sp³-hybridized carbons (Fsp3) is 0.977. The third kappa shape index (κ3) is 19.6. The summed E-state index contributed by atoms with van der Waals surface area (Å²) in [6, 6.07) is 2.41. The molecule has 0 amide bonds. The first-order valence-corrected chi connectivity index (χ1v) is 62.1. The van der Waals surface area contributed by atoms with Gasteiger partial charge in [-0.15, -0.1) is 0 Å². The lowest BCUT2D eigenvalue weighted by Crippen LogP contribution is -2.62. The third-order valence-electron chi connectivity index (χ3n) is 53.8. The summed E-state index contributed by atoms with van der Waals surface area (Å²) in [6.07, 6.45) is 52.2. The van der Waals surface area contributed by atoms with Gasteiger partial charge in [0.25, 0.3) is 0 Å². The molecule has 0 heterocycles. The molecule has 15 unspecified atom stereocenters. The molecule has 0 bridgehead atoms. The fourth-order valence-corrected chi connectivity index (χ4v) is 46.7. The van der Waals surface area contributed by atoms with Gasteiger partial charge in [0.15, 0.2) is 0 Å². The average Bonchev–Trinajstić information content (AvgIpc) is 1.67. The predicted octanol–water partition coefficient (Wildman–Crippen LogP) is 24.8. The zero-order valence-corrected chi connectivity index (χ0v) is 94.8. The molecule has 0 aromatic carbocycles. The average molecular weight is 2000 g/mol. The maximum absolute atomic E-state index is 11.7. The molecule has 822 valence electrons.